The van der Waals surface area contributed by atoms with Crippen LogP contribution in [-0.4, -0.2) is 29.7 Å². The Morgan fingerprint density at radius 3 is 2.64 bits per heavy atom. The van der Waals surface area contributed by atoms with Crippen molar-refractivity contribution < 1.29 is 0 Å². The molecule has 0 amide bonds. The van der Waals surface area contributed by atoms with E-state index < -0.39 is 0 Å². The Kier molecular flexibility index (Phi) is 3.42. The number of nitrogens with zero attached hydrogens (tertiary/aromatic N) is 5. The van der Waals surface area contributed by atoms with E-state index in [2.05, 4.69) is 25.0 Å². The van der Waals surface area contributed by atoms with E-state index in [1.165, 1.54) is 0 Å². The number of nitrogens with one attached hydrogen (secondary N) is 1. The van der Waals surface area contributed by atoms with Gasteiger partial charge < -0.3 is 4.98 Å². The number of H-pyrrole nitrogens is 1. The summed E-state index contributed by atoms with van der Waals surface area (Å²) in [6.45, 7) is 3.88. The molecule has 0 fully saturated rings. The molecular formula is C18H16N6O. The lowest BCUT2D eigenvalue weighted by Gasteiger charge is -2.07. The van der Waals surface area contributed by atoms with Crippen LogP contribution in [0.4, 0.5) is 0 Å². The van der Waals surface area contributed by atoms with Gasteiger partial charge in [-0.15, -0.1) is 0 Å². The third-order valence-corrected chi connectivity index (χ3v) is 4.24. The van der Waals surface area contributed by atoms with E-state index in [-0.39, 0.29) is 5.56 Å². The molecule has 0 aromatic carbocycles. The molecule has 0 aliphatic carbocycles. The fourth-order valence-electron chi connectivity index (χ4n) is 2.83. The van der Waals surface area contributed by atoms with Crippen LogP contribution in [0.1, 0.15) is 11.4 Å². The van der Waals surface area contributed by atoms with Gasteiger partial charge in [-0.25, -0.2) is 4.98 Å². The quantitative estimate of drug-likeness (QED) is 0.609. The molecule has 0 saturated carbocycles. The van der Waals surface area contributed by atoms with E-state index in [1.54, 1.807) is 35.4 Å². The summed E-state index contributed by atoms with van der Waals surface area (Å²) in [6, 6.07) is 5.39. The first-order valence-corrected chi connectivity index (χ1v) is 7.86. The second kappa shape index (κ2) is 5.62. The molecule has 0 spiro atoms. The molecule has 1 N–H and O–H groups in total. The highest BCUT2D eigenvalue weighted by molar-refractivity contribution is 5.95. The van der Waals surface area contributed by atoms with Crippen LogP contribution in [-0.2, 0) is 7.05 Å². The van der Waals surface area contributed by atoms with E-state index >= 15 is 0 Å². The Morgan fingerprint density at radius 2 is 1.92 bits per heavy atom. The maximum atomic E-state index is 12.2. The average Bonchev–Trinajstić information content (AvgIpc) is 2.89. The van der Waals surface area contributed by atoms with Gasteiger partial charge in [0.1, 0.15) is 0 Å². The summed E-state index contributed by atoms with van der Waals surface area (Å²) in [5.74, 6) is 0. The SMILES string of the molecule is Cc1cnc(-c2cc(-c3ccc[nH]c3=O)nc3nn(C)c(C)c23)cn1. The normalized spacial score (nSPS) is 11.2. The minimum Gasteiger partial charge on any atom is -0.329 e. The Hall–Kier alpha value is -3.35. The summed E-state index contributed by atoms with van der Waals surface area (Å²) in [7, 11) is 1.87. The molecule has 0 aliphatic rings. The van der Waals surface area contributed by atoms with Crippen molar-refractivity contribution in [3.05, 3.63) is 58.5 Å². The maximum absolute atomic E-state index is 12.2. The van der Waals surface area contributed by atoms with Gasteiger partial charge in [0, 0.05) is 30.7 Å². The topological polar surface area (TPSA) is 89.4 Å². The highest BCUT2D eigenvalue weighted by Gasteiger charge is 2.17. The molecule has 0 bridgehead atoms. The van der Waals surface area contributed by atoms with E-state index in [0.717, 1.165) is 28.0 Å². The molecular weight excluding hydrogens is 316 g/mol. The van der Waals surface area contributed by atoms with Crippen molar-refractivity contribution in [2.45, 2.75) is 13.8 Å². The maximum Gasteiger partial charge on any atom is 0.257 e. The zero-order valence-electron chi connectivity index (χ0n) is 14.1. The van der Waals surface area contributed by atoms with E-state index in [0.29, 0.717) is 16.9 Å². The van der Waals surface area contributed by atoms with Crippen LogP contribution in [0.3, 0.4) is 0 Å². The summed E-state index contributed by atoms with van der Waals surface area (Å²) >= 11 is 0. The molecule has 0 radical (unpaired) electrons. The predicted molar refractivity (Wildman–Crippen MR) is 95.1 cm³/mol. The summed E-state index contributed by atoms with van der Waals surface area (Å²) < 4.78 is 1.78. The van der Waals surface area contributed by atoms with Crippen molar-refractivity contribution in [2.24, 2.45) is 7.05 Å². The molecule has 4 heterocycles. The average molecular weight is 332 g/mol. The smallest absolute Gasteiger partial charge is 0.257 e. The van der Waals surface area contributed by atoms with Gasteiger partial charge in [0.2, 0.25) is 0 Å². The van der Waals surface area contributed by atoms with Gasteiger partial charge in [-0.3, -0.25) is 19.4 Å². The van der Waals surface area contributed by atoms with Crippen LogP contribution in [0.25, 0.3) is 33.5 Å². The number of aryl methyl sites for hydroxylation is 3. The Bertz CT molecular complexity index is 1140. The van der Waals surface area contributed by atoms with Crippen molar-refractivity contribution in [3.63, 3.8) is 0 Å². The lowest BCUT2D eigenvalue weighted by atomic mass is 10.0. The zero-order chi connectivity index (χ0) is 17.6. The van der Waals surface area contributed by atoms with E-state index in [4.69, 9.17) is 0 Å². The molecule has 4 aromatic rings. The van der Waals surface area contributed by atoms with Crippen LogP contribution in [0.5, 0.6) is 0 Å². The van der Waals surface area contributed by atoms with Crippen molar-refractivity contribution in [3.8, 4) is 22.5 Å². The Morgan fingerprint density at radius 1 is 1.08 bits per heavy atom. The molecule has 0 atom stereocenters. The molecule has 0 aliphatic heterocycles. The van der Waals surface area contributed by atoms with Gasteiger partial charge in [0.15, 0.2) is 5.65 Å². The predicted octanol–water partition coefficient (Wildman–Crippen LogP) is 2.40. The molecule has 124 valence electrons. The second-order valence-corrected chi connectivity index (χ2v) is 5.92. The first-order valence-electron chi connectivity index (χ1n) is 7.86. The fourth-order valence-corrected chi connectivity index (χ4v) is 2.83. The van der Waals surface area contributed by atoms with Crippen LogP contribution < -0.4 is 5.56 Å². The van der Waals surface area contributed by atoms with Gasteiger partial charge in [-0.2, -0.15) is 5.10 Å². The monoisotopic (exact) mass is 332 g/mol. The number of pyridine rings is 2. The molecule has 25 heavy (non-hydrogen) atoms. The third-order valence-electron chi connectivity index (χ3n) is 4.24. The second-order valence-electron chi connectivity index (χ2n) is 5.92. The first kappa shape index (κ1) is 15.2. The van der Waals surface area contributed by atoms with E-state index in [1.807, 2.05) is 27.0 Å². The lowest BCUT2D eigenvalue weighted by molar-refractivity contribution is 0.748. The Balaban J connectivity index is 2.07. The van der Waals surface area contributed by atoms with Gasteiger partial charge in [-0.1, -0.05) is 0 Å². The molecule has 7 heteroatoms. The lowest BCUT2D eigenvalue weighted by Crippen LogP contribution is -2.08. The largest absolute Gasteiger partial charge is 0.329 e. The van der Waals surface area contributed by atoms with Gasteiger partial charge in [0.05, 0.1) is 34.2 Å². The Labute approximate surface area is 143 Å². The fraction of sp³-hybridized carbons (Fsp3) is 0.167. The summed E-state index contributed by atoms with van der Waals surface area (Å²) in [5, 5.41) is 5.39. The van der Waals surface area contributed by atoms with Crippen molar-refractivity contribution in [2.75, 3.05) is 0 Å². The number of hydrogen-bond donors (Lipinski definition) is 1. The van der Waals surface area contributed by atoms with Gasteiger partial charge in [0.25, 0.3) is 5.56 Å². The third kappa shape index (κ3) is 2.50. The standard InChI is InChI=1S/C18H16N6O/c1-10-8-21-15(9-20-10)13-7-14(12-5-4-6-19-18(12)25)22-17-16(13)11(2)24(3)23-17/h4-9H,1-3H3,(H,19,25). The summed E-state index contributed by atoms with van der Waals surface area (Å²) in [4.78, 5) is 28.3. The van der Waals surface area contributed by atoms with Crippen molar-refractivity contribution in [1.29, 1.82) is 0 Å². The van der Waals surface area contributed by atoms with Crippen LogP contribution in [0, 0.1) is 13.8 Å². The number of aromatic amines is 1. The minimum atomic E-state index is -0.192. The highest BCUT2D eigenvalue weighted by atomic mass is 16.1. The van der Waals surface area contributed by atoms with Crippen LogP contribution in [0.15, 0.2) is 41.6 Å². The molecule has 0 saturated heterocycles. The number of aromatic nitrogens is 6. The highest BCUT2D eigenvalue weighted by Crippen LogP contribution is 2.31. The van der Waals surface area contributed by atoms with E-state index in [9.17, 15) is 4.79 Å². The first-order chi connectivity index (χ1) is 12.0. The van der Waals surface area contributed by atoms with Gasteiger partial charge in [-0.05, 0) is 32.0 Å². The number of hydrogen-bond acceptors (Lipinski definition) is 5. The van der Waals surface area contributed by atoms with Gasteiger partial charge >= 0.3 is 0 Å². The molecule has 4 rings (SSSR count). The number of rotatable bonds is 2. The zero-order valence-corrected chi connectivity index (χ0v) is 14.1. The van der Waals surface area contributed by atoms with Crippen LogP contribution >= 0.6 is 0 Å². The molecule has 4 aromatic heterocycles. The molecule has 7 nitrogen and oxygen atoms in total. The number of fused-ring (bicyclic) bond motifs is 1. The molecule has 0 unspecified atom stereocenters. The van der Waals surface area contributed by atoms with Crippen molar-refractivity contribution in [1.82, 2.24) is 29.7 Å². The van der Waals surface area contributed by atoms with Crippen LogP contribution in [0.2, 0.25) is 0 Å². The summed E-state index contributed by atoms with van der Waals surface area (Å²) in [6.07, 6.45) is 5.06. The van der Waals surface area contributed by atoms with Crippen molar-refractivity contribution >= 4 is 11.0 Å². The minimum absolute atomic E-state index is 0.192. The summed E-state index contributed by atoms with van der Waals surface area (Å²) in [5.41, 5.74) is 4.86.